The molecular weight excluding hydrogens is 190 g/mol. The highest BCUT2D eigenvalue weighted by Gasteiger charge is 2.27. The summed E-state index contributed by atoms with van der Waals surface area (Å²) in [6.45, 7) is 5.45. The molecule has 88 valence electrons. The molecule has 4 heteroatoms. The van der Waals surface area contributed by atoms with Gasteiger partial charge in [-0.25, -0.2) is 0 Å². The predicted molar refractivity (Wildman–Crippen MR) is 62.1 cm³/mol. The summed E-state index contributed by atoms with van der Waals surface area (Å²) >= 11 is 0. The largest absolute Gasteiger partial charge is 0.409 e. The van der Waals surface area contributed by atoms with Crippen LogP contribution in [0.25, 0.3) is 0 Å². The minimum atomic E-state index is 0.303. The minimum absolute atomic E-state index is 0.303. The quantitative estimate of drug-likeness (QED) is 0.288. The van der Waals surface area contributed by atoms with Gasteiger partial charge < -0.3 is 16.3 Å². The van der Waals surface area contributed by atoms with Gasteiger partial charge in [0.15, 0.2) is 0 Å². The molecule has 0 aromatic carbocycles. The zero-order chi connectivity index (χ0) is 11.3. The van der Waals surface area contributed by atoms with Crippen molar-refractivity contribution in [3.63, 3.8) is 0 Å². The molecule has 0 amide bonds. The molecule has 0 aromatic heterocycles. The van der Waals surface area contributed by atoms with E-state index in [4.69, 9.17) is 10.9 Å². The van der Waals surface area contributed by atoms with Crippen molar-refractivity contribution >= 4 is 5.84 Å². The molecule has 0 bridgehead atoms. The molecule has 1 saturated carbocycles. The summed E-state index contributed by atoms with van der Waals surface area (Å²) in [7, 11) is 0. The van der Waals surface area contributed by atoms with Crippen molar-refractivity contribution in [2.24, 2.45) is 16.3 Å². The zero-order valence-electron chi connectivity index (χ0n) is 9.79. The van der Waals surface area contributed by atoms with Gasteiger partial charge in [0.1, 0.15) is 5.84 Å². The number of hydrogen-bond donors (Lipinski definition) is 3. The fourth-order valence-electron chi connectivity index (χ4n) is 2.33. The van der Waals surface area contributed by atoms with Crippen molar-refractivity contribution in [2.75, 3.05) is 6.54 Å². The summed E-state index contributed by atoms with van der Waals surface area (Å²) in [6, 6.07) is 0.597. The third-order valence-electron chi connectivity index (χ3n) is 3.15. The van der Waals surface area contributed by atoms with Gasteiger partial charge in [0.2, 0.25) is 0 Å². The smallest absolute Gasteiger partial charge is 0.140 e. The second-order valence-electron chi connectivity index (χ2n) is 5.25. The van der Waals surface area contributed by atoms with Gasteiger partial charge in [-0.2, -0.15) is 0 Å². The molecule has 0 spiro atoms. The topological polar surface area (TPSA) is 70.6 Å². The van der Waals surface area contributed by atoms with Crippen LogP contribution in [0.15, 0.2) is 5.16 Å². The molecule has 0 saturated heterocycles. The molecule has 15 heavy (non-hydrogen) atoms. The number of nitrogens with one attached hydrogen (secondary N) is 1. The zero-order valence-corrected chi connectivity index (χ0v) is 9.79. The van der Waals surface area contributed by atoms with Crippen LogP contribution in [0.1, 0.15) is 46.0 Å². The van der Waals surface area contributed by atoms with Crippen molar-refractivity contribution in [2.45, 2.75) is 52.0 Å². The molecule has 1 aliphatic carbocycles. The normalized spacial score (nSPS) is 26.5. The van der Waals surface area contributed by atoms with Crippen LogP contribution in [0.2, 0.25) is 0 Å². The highest BCUT2D eigenvalue weighted by Crippen LogP contribution is 2.34. The van der Waals surface area contributed by atoms with Crippen molar-refractivity contribution in [1.82, 2.24) is 5.32 Å². The summed E-state index contributed by atoms with van der Waals surface area (Å²) < 4.78 is 0. The van der Waals surface area contributed by atoms with Crippen molar-refractivity contribution in [1.29, 1.82) is 0 Å². The number of nitrogens with two attached hydrogens (primary N) is 1. The fourth-order valence-corrected chi connectivity index (χ4v) is 2.33. The van der Waals surface area contributed by atoms with Crippen molar-refractivity contribution < 1.29 is 5.21 Å². The van der Waals surface area contributed by atoms with Gasteiger partial charge in [-0.1, -0.05) is 25.4 Å². The van der Waals surface area contributed by atoms with Gasteiger partial charge in [0.05, 0.1) is 0 Å². The monoisotopic (exact) mass is 213 g/mol. The van der Waals surface area contributed by atoms with Gasteiger partial charge in [-0.15, -0.1) is 0 Å². The number of nitrogens with zero attached hydrogens (tertiary/aromatic N) is 1. The first-order chi connectivity index (χ1) is 7.03. The predicted octanol–water partition coefficient (Wildman–Crippen LogP) is 1.68. The Balaban J connectivity index is 2.21. The number of amidine groups is 1. The van der Waals surface area contributed by atoms with E-state index in [1.165, 1.54) is 25.7 Å². The lowest BCUT2D eigenvalue weighted by Gasteiger charge is -2.35. The first-order valence-corrected chi connectivity index (χ1v) is 5.73. The Hall–Kier alpha value is -0.770. The Morgan fingerprint density at radius 2 is 2.33 bits per heavy atom. The first kappa shape index (κ1) is 12.3. The van der Waals surface area contributed by atoms with E-state index in [9.17, 15) is 0 Å². The van der Waals surface area contributed by atoms with E-state index >= 15 is 0 Å². The minimum Gasteiger partial charge on any atom is -0.409 e. The maximum atomic E-state index is 8.39. The third kappa shape index (κ3) is 4.51. The van der Waals surface area contributed by atoms with Gasteiger partial charge in [-0.3, -0.25) is 0 Å². The summed E-state index contributed by atoms with van der Waals surface area (Å²) in [5.74, 6) is 0.303. The van der Waals surface area contributed by atoms with Crippen LogP contribution in [0, 0.1) is 5.41 Å². The van der Waals surface area contributed by atoms with Crippen LogP contribution in [0.3, 0.4) is 0 Å². The van der Waals surface area contributed by atoms with Crippen molar-refractivity contribution in [3.8, 4) is 0 Å². The van der Waals surface area contributed by atoms with Crippen LogP contribution in [0.5, 0.6) is 0 Å². The van der Waals surface area contributed by atoms with E-state index in [1.54, 1.807) is 0 Å². The van der Waals surface area contributed by atoms with Crippen LogP contribution in [-0.2, 0) is 0 Å². The lowest BCUT2D eigenvalue weighted by molar-refractivity contribution is 0.199. The average molecular weight is 213 g/mol. The average Bonchev–Trinajstić information content (AvgIpc) is 2.16. The number of hydrogen-bond acceptors (Lipinski definition) is 3. The van der Waals surface area contributed by atoms with Crippen LogP contribution >= 0.6 is 0 Å². The Morgan fingerprint density at radius 3 is 2.93 bits per heavy atom. The highest BCUT2D eigenvalue weighted by molar-refractivity contribution is 5.79. The van der Waals surface area contributed by atoms with E-state index in [0.29, 0.717) is 23.7 Å². The Bertz CT molecular complexity index is 226. The van der Waals surface area contributed by atoms with Gasteiger partial charge in [0, 0.05) is 19.0 Å². The molecule has 1 fully saturated rings. The second-order valence-corrected chi connectivity index (χ2v) is 5.25. The highest BCUT2D eigenvalue weighted by atomic mass is 16.4. The molecule has 0 aromatic rings. The summed E-state index contributed by atoms with van der Waals surface area (Å²) in [5.41, 5.74) is 5.87. The Kier molecular flexibility index (Phi) is 4.39. The van der Waals surface area contributed by atoms with E-state index in [2.05, 4.69) is 24.3 Å². The molecule has 4 nitrogen and oxygen atoms in total. The van der Waals surface area contributed by atoms with Crippen LogP contribution < -0.4 is 11.1 Å². The Morgan fingerprint density at radius 1 is 1.60 bits per heavy atom. The second kappa shape index (κ2) is 5.35. The van der Waals surface area contributed by atoms with E-state index in [1.807, 2.05) is 0 Å². The molecular formula is C11H23N3O. The molecule has 1 rings (SSSR count). The fraction of sp³-hybridized carbons (Fsp3) is 0.909. The lowest BCUT2D eigenvalue weighted by atomic mass is 9.75. The standard InChI is InChI=1S/C11H23N3O/c1-11(2)6-3-4-9(8-11)13-7-5-10(12)14-15/h9,13,15H,3-8H2,1-2H3,(H2,12,14). The van der Waals surface area contributed by atoms with E-state index in [-0.39, 0.29) is 0 Å². The van der Waals surface area contributed by atoms with E-state index in [0.717, 1.165) is 6.54 Å². The molecule has 0 heterocycles. The molecule has 4 N–H and O–H groups in total. The first-order valence-electron chi connectivity index (χ1n) is 5.73. The molecule has 1 unspecified atom stereocenters. The van der Waals surface area contributed by atoms with E-state index < -0.39 is 0 Å². The van der Waals surface area contributed by atoms with Crippen molar-refractivity contribution in [3.05, 3.63) is 0 Å². The molecule has 0 radical (unpaired) electrons. The maximum Gasteiger partial charge on any atom is 0.140 e. The summed E-state index contributed by atoms with van der Waals surface area (Å²) in [4.78, 5) is 0. The number of oxime groups is 1. The third-order valence-corrected chi connectivity index (χ3v) is 3.15. The molecule has 1 aliphatic rings. The number of rotatable bonds is 4. The lowest BCUT2D eigenvalue weighted by Crippen LogP contribution is -2.38. The van der Waals surface area contributed by atoms with Crippen LogP contribution in [-0.4, -0.2) is 23.6 Å². The summed E-state index contributed by atoms with van der Waals surface area (Å²) in [5, 5.41) is 14.8. The molecule has 0 aliphatic heterocycles. The van der Waals surface area contributed by atoms with Gasteiger partial charge in [0.25, 0.3) is 0 Å². The molecule has 1 atom stereocenters. The van der Waals surface area contributed by atoms with Gasteiger partial charge in [-0.05, 0) is 24.7 Å². The van der Waals surface area contributed by atoms with Gasteiger partial charge >= 0.3 is 0 Å². The van der Waals surface area contributed by atoms with Crippen LogP contribution in [0.4, 0.5) is 0 Å². The SMILES string of the molecule is CC1(C)CCCC(NCCC(N)=NO)C1. The Labute approximate surface area is 91.9 Å². The maximum absolute atomic E-state index is 8.39. The summed E-state index contributed by atoms with van der Waals surface area (Å²) in [6.07, 6.45) is 5.72.